The van der Waals surface area contributed by atoms with Crippen LogP contribution in [0.2, 0.25) is 0 Å². The van der Waals surface area contributed by atoms with Gasteiger partial charge in [-0.15, -0.1) is 0 Å². The van der Waals surface area contributed by atoms with Crippen molar-refractivity contribution in [2.75, 3.05) is 54.1 Å². The summed E-state index contributed by atoms with van der Waals surface area (Å²) in [6.45, 7) is 2.63. The number of carbonyl (C=O) groups is 1. The summed E-state index contributed by atoms with van der Waals surface area (Å²) in [5.41, 5.74) is 0.771. The lowest BCUT2D eigenvalue weighted by molar-refractivity contribution is -0.126. The molecule has 8 heteroatoms. The molecule has 1 amide bonds. The molecule has 0 N–H and O–H groups in total. The van der Waals surface area contributed by atoms with Crippen molar-refractivity contribution in [1.29, 1.82) is 0 Å². The zero-order valence-corrected chi connectivity index (χ0v) is 18.5. The summed E-state index contributed by atoms with van der Waals surface area (Å²) in [6, 6.07) is 9.05. The van der Waals surface area contributed by atoms with E-state index >= 15 is 0 Å². The molecule has 1 aliphatic heterocycles. The molecule has 1 saturated heterocycles. The van der Waals surface area contributed by atoms with Crippen LogP contribution < -0.4 is 33.3 Å². The zero-order chi connectivity index (χ0) is 22.3. The van der Waals surface area contributed by atoms with Crippen molar-refractivity contribution in [2.24, 2.45) is 5.92 Å². The average Bonchev–Trinajstić information content (AvgIpc) is 2.80. The monoisotopic (exact) mass is 419 g/mol. The van der Waals surface area contributed by atoms with Crippen molar-refractivity contribution in [3.8, 4) is 34.5 Å². The van der Waals surface area contributed by atoms with Gasteiger partial charge in [0.2, 0.25) is 17.4 Å². The van der Waals surface area contributed by atoms with Crippen molar-refractivity contribution in [3.63, 3.8) is 0 Å². The van der Waals surface area contributed by atoms with Crippen molar-refractivity contribution >= 4 is 11.6 Å². The van der Waals surface area contributed by atoms with E-state index in [0.717, 1.165) is 12.2 Å². The number of ether oxygens (including phenoxy) is 6. The molecule has 1 atom stereocenters. The molecular formula is C22H29NO7. The number of anilines is 1. The lowest BCUT2D eigenvalue weighted by Crippen LogP contribution is -2.51. The van der Waals surface area contributed by atoms with E-state index in [1.54, 1.807) is 59.7 Å². The first-order valence-electron chi connectivity index (χ1n) is 9.31. The van der Waals surface area contributed by atoms with Gasteiger partial charge in [-0.3, -0.25) is 4.79 Å². The molecule has 3 rings (SSSR count). The molecule has 0 aliphatic carbocycles. The molecule has 0 aromatic heterocycles. The van der Waals surface area contributed by atoms with Crippen molar-refractivity contribution in [3.05, 3.63) is 30.3 Å². The fourth-order valence-electron chi connectivity index (χ4n) is 3.07. The molecule has 1 aliphatic rings. The number of carbonyl (C=O) groups excluding carboxylic acids is 1. The third-order valence-electron chi connectivity index (χ3n) is 4.69. The number of rotatable bonds is 7. The lowest BCUT2D eigenvalue weighted by Gasteiger charge is -2.36. The largest absolute Gasteiger partial charge is 0.493 e. The van der Waals surface area contributed by atoms with Crippen LogP contribution >= 0.6 is 0 Å². The van der Waals surface area contributed by atoms with E-state index in [1.807, 2.05) is 25.1 Å². The second-order valence-corrected chi connectivity index (χ2v) is 6.43. The fraction of sp³-hybridized carbons (Fsp3) is 0.409. The number of nitrogens with zero attached hydrogens (tertiary/aromatic N) is 1. The van der Waals surface area contributed by atoms with E-state index in [4.69, 9.17) is 28.4 Å². The average molecular weight is 419 g/mol. The van der Waals surface area contributed by atoms with Crippen LogP contribution in [0, 0.1) is 5.92 Å². The number of hydrogen-bond donors (Lipinski definition) is 0. The molecular weight excluding hydrogens is 390 g/mol. The number of hydrogen-bond acceptors (Lipinski definition) is 7. The zero-order valence-electron chi connectivity index (χ0n) is 18.5. The molecule has 0 radical (unpaired) electrons. The topological polar surface area (TPSA) is 75.7 Å². The van der Waals surface area contributed by atoms with Crippen molar-refractivity contribution in [1.82, 2.24) is 0 Å². The Bertz CT molecular complexity index is 821. The highest BCUT2D eigenvalue weighted by molar-refractivity contribution is 6.01. The Hall–Kier alpha value is -3.29. The summed E-state index contributed by atoms with van der Waals surface area (Å²) in [5, 5.41) is 0. The SMILES string of the molecule is COc1cc(N2CC(C)C2=O)cc(OC)c1OC.COc1cccc(OC)c1OC. The Labute approximate surface area is 177 Å². The smallest absolute Gasteiger partial charge is 0.231 e. The molecule has 30 heavy (non-hydrogen) atoms. The van der Waals surface area contributed by atoms with Gasteiger partial charge in [0.1, 0.15) is 0 Å². The predicted molar refractivity (Wildman–Crippen MR) is 114 cm³/mol. The summed E-state index contributed by atoms with van der Waals surface area (Å²) in [6.07, 6.45) is 0. The molecule has 0 spiro atoms. The van der Waals surface area contributed by atoms with Gasteiger partial charge in [0, 0.05) is 18.7 Å². The van der Waals surface area contributed by atoms with Crippen LogP contribution in [0.3, 0.4) is 0 Å². The van der Waals surface area contributed by atoms with E-state index in [2.05, 4.69) is 0 Å². The number of benzene rings is 2. The van der Waals surface area contributed by atoms with Crippen molar-refractivity contribution in [2.45, 2.75) is 6.92 Å². The summed E-state index contributed by atoms with van der Waals surface area (Å²) in [4.78, 5) is 13.4. The van der Waals surface area contributed by atoms with Crippen LogP contribution in [-0.2, 0) is 4.79 Å². The summed E-state index contributed by atoms with van der Waals surface area (Å²) >= 11 is 0. The standard InChI is InChI=1S/C13H17NO4.C9H12O3/c1-8-7-14(13(8)15)9-5-10(16-2)12(18-4)11(6-9)17-3;1-10-7-5-4-6-8(11-2)9(7)12-3/h5-6,8H,7H2,1-4H3;4-6H,1-3H3. The predicted octanol–water partition coefficient (Wildman–Crippen LogP) is 3.41. The third-order valence-corrected chi connectivity index (χ3v) is 4.69. The highest BCUT2D eigenvalue weighted by atomic mass is 16.5. The van der Waals surface area contributed by atoms with Gasteiger partial charge in [0.05, 0.1) is 54.3 Å². The molecule has 1 unspecified atom stereocenters. The molecule has 0 bridgehead atoms. The highest BCUT2D eigenvalue weighted by Crippen LogP contribution is 2.42. The van der Waals surface area contributed by atoms with Gasteiger partial charge < -0.3 is 33.3 Å². The highest BCUT2D eigenvalue weighted by Gasteiger charge is 2.34. The first-order valence-corrected chi connectivity index (χ1v) is 9.31. The quantitative estimate of drug-likeness (QED) is 0.637. The number of para-hydroxylation sites is 1. The van der Waals surface area contributed by atoms with Crippen molar-refractivity contribution < 1.29 is 33.2 Å². The van der Waals surface area contributed by atoms with Gasteiger partial charge in [0.15, 0.2) is 23.0 Å². The normalized spacial score (nSPS) is 14.7. The number of methoxy groups -OCH3 is 6. The maximum absolute atomic E-state index is 11.7. The second-order valence-electron chi connectivity index (χ2n) is 6.43. The number of β-lactam (4-membered cyclic amide) rings is 1. The summed E-state index contributed by atoms with van der Waals surface area (Å²) in [7, 11) is 9.44. The molecule has 0 saturated carbocycles. The van der Waals surface area contributed by atoms with Gasteiger partial charge >= 0.3 is 0 Å². The maximum atomic E-state index is 11.7. The molecule has 164 valence electrons. The Balaban J connectivity index is 0.000000232. The van der Waals surface area contributed by atoms with E-state index < -0.39 is 0 Å². The van der Waals surface area contributed by atoms with Crippen LogP contribution in [0.4, 0.5) is 5.69 Å². The van der Waals surface area contributed by atoms with Gasteiger partial charge in [-0.05, 0) is 12.1 Å². The van der Waals surface area contributed by atoms with Crippen LogP contribution in [0.25, 0.3) is 0 Å². The van der Waals surface area contributed by atoms with E-state index in [1.165, 1.54) is 0 Å². The Morgan fingerprint density at radius 3 is 1.50 bits per heavy atom. The number of amides is 1. The Morgan fingerprint density at radius 2 is 1.17 bits per heavy atom. The van der Waals surface area contributed by atoms with Gasteiger partial charge in [-0.2, -0.15) is 0 Å². The minimum absolute atomic E-state index is 0.0871. The van der Waals surface area contributed by atoms with Crippen LogP contribution in [0.15, 0.2) is 30.3 Å². The second kappa shape index (κ2) is 10.5. The van der Waals surface area contributed by atoms with Gasteiger partial charge in [0.25, 0.3) is 0 Å². The molecule has 1 heterocycles. The Morgan fingerprint density at radius 1 is 0.733 bits per heavy atom. The van der Waals surface area contributed by atoms with Crippen LogP contribution in [0.1, 0.15) is 6.92 Å². The van der Waals surface area contributed by atoms with Crippen LogP contribution in [-0.4, -0.2) is 55.1 Å². The third kappa shape index (κ3) is 4.64. The molecule has 2 aromatic carbocycles. The first kappa shape index (κ1) is 23.0. The van der Waals surface area contributed by atoms with E-state index in [9.17, 15) is 4.79 Å². The first-order chi connectivity index (χ1) is 14.4. The Kier molecular flexibility index (Phi) is 8.03. The van der Waals surface area contributed by atoms with E-state index in [-0.39, 0.29) is 11.8 Å². The summed E-state index contributed by atoms with van der Waals surface area (Å²) < 4.78 is 31.0. The molecule has 8 nitrogen and oxygen atoms in total. The molecule has 2 aromatic rings. The lowest BCUT2D eigenvalue weighted by atomic mass is 10.00. The minimum atomic E-state index is 0.0871. The fourth-order valence-corrected chi connectivity index (χ4v) is 3.07. The van der Waals surface area contributed by atoms with Gasteiger partial charge in [-0.1, -0.05) is 13.0 Å². The molecule has 1 fully saturated rings. The summed E-state index contributed by atoms with van der Waals surface area (Å²) in [5.74, 6) is 3.83. The van der Waals surface area contributed by atoms with Crippen LogP contribution in [0.5, 0.6) is 34.5 Å². The van der Waals surface area contributed by atoms with E-state index in [0.29, 0.717) is 34.5 Å². The van der Waals surface area contributed by atoms with Gasteiger partial charge in [-0.25, -0.2) is 0 Å². The minimum Gasteiger partial charge on any atom is -0.493 e. The maximum Gasteiger partial charge on any atom is 0.231 e.